The Labute approximate surface area is 101 Å². The molecule has 17 heavy (non-hydrogen) atoms. The van der Waals surface area contributed by atoms with E-state index >= 15 is 0 Å². The smallest absolute Gasteiger partial charge is 0.302 e. The van der Waals surface area contributed by atoms with Crippen LogP contribution in [-0.4, -0.2) is 30.7 Å². The van der Waals surface area contributed by atoms with Gasteiger partial charge in [0.05, 0.1) is 5.41 Å². The zero-order chi connectivity index (χ0) is 12.7. The van der Waals surface area contributed by atoms with Gasteiger partial charge in [-0.3, -0.25) is 0 Å². The van der Waals surface area contributed by atoms with Crippen molar-refractivity contribution < 1.29 is 13.2 Å². The monoisotopic (exact) mass is 249 g/mol. The van der Waals surface area contributed by atoms with Crippen LogP contribution in [0.3, 0.4) is 0 Å². The van der Waals surface area contributed by atoms with Crippen LogP contribution in [0.4, 0.5) is 13.2 Å². The number of hydrogen-bond donors (Lipinski definition) is 0. The number of nitrogens with zero attached hydrogens (tertiary/aromatic N) is 1. The van der Waals surface area contributed by atoms with E-state index < -0.39 is 11.6 Å². The average Bonchev–Trinajstić information content (AvgIpc) is 2.98. The summed E-state index contributed by atoms with van der Waals surface area (Å²) in [7, 11) is 0. The van der Waals surface area contributed by atoms with Gasteiger partial charge < -0.3 is 4.90 Å². The first-order valence-electron chi connectivity index (χ1n) is 6.63. The molecule has 2 rings (SSSR count). The zero-order valence-corrected chi connectivity index (χ0v) is 10.7. The lowest BCUT2D eigenvalue weighted by Gasteiger charge is -2.36. The van der Waals surface area contributed by atoms with Crippen molar-refractivity contribution in [3.8, 4) is 0 Å². The van der Waals surface area contributed by atoms with Crippen molar-refractivity contribution in [2.45, 2.75) is 45.7 Å². The van der Waals surface area contributed by atoms with E-state index in [9.17, 15) is 13.2 Å². The first kappa shape index (κ1) is 13.2. The number of likely N-dealkylation sites (tertiary alicyclic amines) is 1. The predicted octanol–water partition coefficient (Wildman–Crippen LogP) is 3.70. The van der Waals surface area contributed by atoms with Crippen LogP contribution in [0.15, 0.2) is 0 Å². The SMILES string of the molecule is CC(C)C1CCN(CC2(C(F)(F)F)CC2)CC1. The summed E-state index contributed by atoms with van der Waals surface area (Å²) >= 11 is 0. The average molecular weight is 249 g/mol. The summed E-state index contributed by atoms with van der Waals surface area (Å²) in [5.74, 6) is 1.36. The molecule has 0 aromatic heterocycles. The Morgan fingerprint density at radius 2 is 1.71 bits per heavy atom. The fraction of sp³-hybridized carbons (Fsp3) is 1.00. The summed E-state index contributed by atoms with van der Waals surface area (Å²) < 4.78 is 38.5. The largest absolute Gasteiger partial charge is 0.395 e. The molecule has 0 aromatic carbocycles. The zero-order valence-electron chi connectivity index (χ0n) is 10.7. The summed E-state index contributed by atoms with van der Waals surface area (Å²) in [6.45, 7) is 6.35. The molecule has 0 bridgehead atoms. The Morgan fingerprint density at radius 1 is 1.18 bits per heavy atom. The molecular formula is C13H22F3N. The van der Waals surface area contributed by atoms with Crippen molar-refractivity contribution in [1.29, 1.82) is 0 Å². The number of piperidine rings is 1. The van der Waals surface area contributed by atoms with Crippen molar-refractivity contribution in [1.82, 2.24) is 4.90 Å². The van der Waals surface area contributed by atoms with Gasteiger partial charge in [0, 0.05) is 6.54 Å². The highest BCUT2D eigenvalue weighted by Crippen LogP contribution is 2.58. The molecule has 2 aliphatic rings. The first-order valence-corrected chi connectivity index (χ1v) is 6.63. The first-order chi connectivity index (χ1) is 7.84. The maximum absolute atomic E-state index is 12.8. The molecule has 4 heteroatoms. The lowest BCUT2D eigenvalue weighted by Crippen LogP contribution is -2.42. The summed E-state index contributed by atoms with van der Waals surface area (Å²) in [6, 6.07) is 0. The molecule has 0 spiro atoms. The molecule has 0 radical (unpaired) electrons. The lowest BCUT2D eigenvalue weighted by atomic mass is 9.86. The van der Waals surface area contributed by atoms with Gasteiger partial charge in [0.25, 0.3) is 0 Å². The van der Waals surface area contributed by atoms with E-state index in [1.165, 1.54) is 0 Å². The molecule has 100 valence electrons. The van der Waals surface area contributed by atoms with Crippen molar-refractivity contribution >= 4 is 0 Å². The van der Waals surface area contributed by atoms with Gasteiger partial charge in [-0.05, 0) is 50.6 Å². The number of rotatable bonds is 3. The Bertz CT molecular complexity index is 260. The Hall–Kier alpha value is -0.250. The van der Waals surface area contributed by atoms with Crippen LogP contribution >= 0.6 is 0 Å². The summed E-state index contributed by atoms with van der Waals surface area (Å²) in [5, 5.41) is 0. The van der Waals surface area contributed by atoms with Gasteiger partial charge in [-0.25, -0.2) is 0 Å². The highest BCUT2D eigenvalue weighted by molar-refractivity contribution is 5.01. The normalized spacial score (nSPS) is 26.5. The van der Waals surface area contributed by atoms with Gasteiger partial charge >= 0.3 is 6.18 Å². The molecule has 1 saturated carbocycles. The van der Waals surface area contributed by atoms with Crippen molar-refractivity contribution in [3.63, 3.8) is 0 Å². The van der Waals surface area contributed by atoms with E-state index in [1.807, 2.05) is 4.90 Å². The van der Waals surface area contributed by atoms with Crippen LogP contribution < -0.4 is 0 Å². The molecule has 0 unspecified atom stereocenters. The maximum atomic E-state index is 12.8. The van der Waals surface area contributed by atoms with Crippen LogP contribution in [0.5, 0.6) is 0 Å². The van der Waals surface area contributed by atoms with E-state index in [4.69, 9.17) is 0 Å². The highest BCUT2D eigenvalue weighted by atomic mass is 19.4. The second-order valence-corrected chi connectivity index (χ2v) is 6.14. The van der Waals surface area contributed by atoms with Crippen LogP contribution in [0, 0.1) is 17.3 Å². The molecule has 0 amide bonds. The minimum atomic E-state index is -4.00. The molecule has 2 fully saturated rings. The third-order valence-corrected chi connectivity index (χ3v) is 4.56. The maximum Gasteiger partial charge on any atom is 0.395 e. The predicted molar refractivity (Wildman–Crippen MR) is 61.7 cm³/mol. The summed E-state index contributed by atoms with van der Waals surface area (Å²) in [4.78, 5) is 2.03. The fourth-order valence-corrected chi connectivity index (χ4v) is 2.89. The van der Waals surface area contributed by atoms with E-state index in [-0.39, 0.29) is 6.54 Å². The summed E-state index contributed by atoms with van der Waals surface area (Å²) in [6.07, 6.45) is -1.21. The van der Waals surface area contributed by atoms with Gasteiger partial charge in [0.2, 0.25) is 0 Å². The third-order valence-electron chi connectivity index (χ3n) is 4.56. The van der Waals surface area contributed by atoms with E-state index in [2.05, 4.69) is 13.8 Å². The van der Waals surface area contributed by atoms with Gasteiger partial charge in [-0.15, -0.1) is 0 Å². The molecule has 0 N–H and O–H groups in total. The number of alkyl halides is 3. The molecule has 1 aliphatic heterocycles. The van der Waals surface area contributed by atoms with Gasteiger partial charge in [0.1, 0.15) is 0 Å². The molecule has 1 saturated heterocycles. The van der Waals surface area contributed by atoms with E-state index in [0.29, 0.717) is 24.7 Å². The summed E-state index contributed by atoms with van der Waals surface area (Å²) in [5.41, 5.74) is -1.35. The van der Waals surface area contributed by atoms with E-state index in [0.717, 1.165) is 25.9 Å². The van der Waals surface area contributed by atoms with Gasteiger partial charge in [-0.1, -0.05) is 13.8 Å². The van der Waals surface area contributed by atoms with Crippen LogP contribution in [0.1, 0.15) is 39.5 Å². The number of halogens is 3. The second kappa shape index (κ2) is 4.45. The molecule has 1 heterocycles. The minimum absolute atomic E-state index is 0.237. The Morgan fingerprint density at radius 3 is 2.06 bits per heavy atom. The number of hydrogen-bond acceptors (Lipinski definition) is 1. The van der Waals surface area contributed by atoms with Crippen molar-refractivity contribution in [3.05, 3.63) is 0 Å². The second-order valence-electron chi connectivity index (χ2n) is 6.14. The highest BCUT2D eigenvalue weighted by Gasteiger charge is 2.63. The minimum Gasteiger partial charge on any atom is -0.302 e. The van der Waals surface area contributed by atoms with Gasteiger partial charge in [0.15, 0.2) is 0 Å². The van der Waals surface area contributed by atoms with Crippen LogP contribution in [-0.2, 0) is 0 Å². The van der Waals surface area contributed by atoms with Crippen molar-refractivity contribution in [2.24, 2.45) is 17.3 Å². The molecule has 1 aliphatic carbocycles. The molecule has 1 nitrogen and oxygen atoms in total. The van der Waals surface area contributed by atoms with Crippen LogP contribution in [0.25, 0.3) is 0 Å². The fourth-order valence-electron chi connectivity index (χ4n) is 2.89. The van der Waals surface area contributed by atoms with Crippen LogP contribution in [0.2, 0.25) is 0 Å². The van der Waals surface area contributed by atoms with Gasteiger partial charge in [-0.2, -0.15) is 13.2 Å². The topological polar surface area (TPSA) is 3.24 Å². The Kier molecular flexibility index (Phi) is 3.45. The molecule has 0 atom stereocenters. The van der Waals surface area contributed by atoms with Crippen molar-refractivity contribution in [2.75, 3.05) is 19.6 Å². The standard InChI is InChI=1S/C13H22F3N/c1-10(2)11-3-7-17(8-4-11)9-12(5-6-12)13(14,15)16/h10-11H,3-9H2,1-2H3. The molecular weight excluding hydrogens is 227 g/mol. The lowest BCUT2D eigenvalue weighted by molar-refractivity contribution is -0.192. The molecule has 0 aromatic rings. The Balaban J connectivity index is 1.83. The van der Waals surface area contributed by atoms with E-state index in [1.54, 1.807) is 0 Å². The quantitative estimate of drug-likeness (QED) is 0.737. The third kappa shape index (κ3) is 2.78.